The molecular formula is C21H25N3O4. The van der Waals surface area contributed by atoms with Crippen LogP contribution in [0.15, 0.2) is 42.5 Å². The van der Waals surface area contributed by atoms with Gasteiger partial charge in [0.2, 0.25) is 5.91 Å². The van der Waals surface area contributed by atoms with Gasteiger partial charge in [-0.15, -0.1) is 0 Å². The largest absolute Gasteiger partial charge is 0.497 e. The zero-order valence-electron chi connectivity index (χ0n) is 16.2. The number of ether oxygens (including phenoxy) is 2. The molecule has 3 rings (SSSR count). The van der Waals surface area contributed by atoms with E-state index in [0.29, 0.717) is 24.6 Å². The highest BCUT2D eigenvalue weighted by Crippen LogP contribution is 2.23. The van der Waals surface area contributed by atoms with Gasteiger partial charge in [0.25, 0.3) is 0 Å². The van der Waals surface area contributed by atoms with Crippen LogP contribution in [0.3, 0.4) is 0 Å². The van der Waals surface area contributed by atoms with Crippen LogP contribution in [0.4, 0.5) is 10.5 Å². The average Bonchev–Trinajstić information content (AvgIpc) is 2.68. The summed E-state index contributed by atoms with van der Waals surface area (Å²) >= 11 is 0. The number of nitrogens with one attached hydrogen (secondary N) is 2. The molecule has 0 saturated heterocycles. The second-order valence-electron chi connectivity index (χ2n) is 6.55. The first-order chi connectivity index (χ1) is 13.6. The fraction of sp³-hybridized carbons (Fsp3) is 0.333. The van der Waals surface area contributed by atoms with Gasteiger partial charge in [-0.3, -0.25) is 15.0 Å². The predicted octanol–water partition coefficient (Wildman–Crippen LogP) is 2.80. The smallest absolute Gasteiger partial charge is 0.325 e. The Kier molecular flexibility index (Phi) is 6.49. The van der Waals surface area contributed by atoms with E-state index in [2.05, 4.69) is 16.7 Å². The summed E-state index contributed by atoms with van der Waals surface area (Å²) in [6, 6.07) is 12.4. The summed E-state index contributed by atoms with van der Waals surface area (Å²) in [5.41, 5.74) is 3.02. The number of methoxy groups -OCH3 is 1. The molecule has 2 aromatic carbocycles. The summed E-state index contributed by atoms with van der Waals surface area (Å²) in [6.45, 7) is 4.16. The normalized spacial score (nSPS) is 13.4. The number of amides is 3. The molecule has 1 aliphatic rings. The van der Waals surface area contributed by atoms with Gasteiger partial charge in [0.1, 0.15) is 11.5 Å². The monoisotopic (exact) mass is 383 g/mol. The topological polar surface area (TPSA) is 79.9 Å². The van der Waals surface area contributed by atoms with E-state index in [4.69, 9.17) is 9.47 Å². The molecule has 2 aromatic rings. The van der Waals surface area contributed by atoms with Crippen molar-refractivity contribution in [3.8, 4) is 11.5 Å². The van der Waals surface area contributed by atoms with Crippen LogP contribution in [0.25, 0.3) is 0 Å². The molecule has 1 heterocycles. The van der Waals surface area contributed by atoms with Gasteiger partial charge < -0.3 is 14.8 Å². The first-order valence-electron chi connectivity index (χ1n) is 9.29. The highest BCUT2D eigenvalue weighted by Gasteiger charge is 2.20. The maximum absolute atomic E-state index is 12.2. The van der Waals surface area contributed by atoms with Crippen LogP contribution < -0.4 is 20.1 Å². The van der Waals surface area contributed by atoms with Crippen LogP contribution in [0.5, 0.6) is 11.5 Å². The zero-order valence-corrected chi connectivity index (χ0v) is 16.2. The Bertz CT molecular complexity index is 836. The number of carbonyl (C=O) groups excluding carboxylic acids is 2. The molecule has 0 radical (unpaired) electrons. The van der Waals surface area contributed by atoms with Crippen LogP contribution in [0.1, 0.15) is 18.1 Å². The maximum Gasteiger partial charge on any atom is 0.325 e. The van der Waals surface area contributed by atoms with E-state index in [1.165, 1.54) is 5.56 Å². The molecule has 148 valence electrons. The minimum absolute atomic E-state index is 0.161. The van der Waals surface area contributed by atoms with Gasteiger partial charge in [-0.05, 0) is 60.9 Å². The molecule has 0 aromatic heterocycles. The van der Waals surface area contributed by atoms with Crippen molar-refractivity contribution in [2.45, 2.75) is 19.9 Å². The highest BCUT2D eigenvalue weighted by molar-refractivity contribution is 6.01. The molecule has 0 fully saturated rings. The fourth-order valence-electron chi connectivity index (χ4n) is 3.19. The van der Waals surface area contributed by atoms with E-state index >= 15 is 0 Å². The number of fused-ring (bicyclic) bond motifs is 1. The third-order valence-electron chi connectivity index (χ3n) is 4.55. The molecule has 7 heteroatoms. The summed E-state index contributed by atoms with van der Waals surface area (Å²) in [5.74, 6) is 1.20. The van der Waals surface area contributed by atoms with Crippen molar-refractivity contribution in [2.75, 3.05) is 32.1 Å². The van der Waals surface area contributed by atoms with Gasteiger partial charge in [-0.2, -0.15) is 0 Å². The number of carbonyl (C=O) groups is 2. The third-order valence-corrected chi connectivity index (χ3v) is 4.55. The quantitative estimate of drug-likeness (QED) is 0.802. The molecule has 0 saturated carbocycles. The maximum atomic E-state index is 12.2. The Balaban J connectivity index is 1.50. The van der Waals surface area contributed by atoms with Crippen molar-refractivity contribution in [3.63, 3.8) is 0 Å². The van der Waals surface area contributed by atoms with Crippen LogP contribution >= 0.6 is 0 Å². The van der Waals surface area contributed by atoms with Crippen molar-refractivity contribution in [1.29, 1.82) is 0 Å². The lowest BCUT2D eigenvalue weighted by Crippen LogP contribution is -2.43. The van der Waals surface area contributed by atoms with Crippen molar-refractivity contribution in [2.24, 2.45) is 0 Å². The van der Waals surface area contributed by atoms with E-state index in [0.717, 1.165) is 24.3 Å². The van der Waals surface area contributed by atoms with Gasteiger partial charge in [-0.25, -0.2) is 4.79 Å². The minimum atomic E-state index is -0.550. The molecule has 0 aliphatic carbocycles. The lowest BCUT2D eigenvalue weighted by molar-refractivity contribution is -0.121. The van der Waals surface area contributed by atoms with E-state index in [9.17, 15) is 9.59 Å². The summed E-state index contributed by atoms with van der Waals surface area (Å²) in [7, 11) is 1.57. The summed E-state index contributed by atoms with van der Waals surface area (Å²) in [5, 5.41) is 5.01. The second kappa shape index (κ2) is 9.23. The van der Waals surface area contributed by atoms with Gasteiger partial charge in [0, 0.05) is 18.8 Å². The van der Waals surface area contributed by atoms with Gasteiger partial charge in [0.05, 0.1) is 20.3 Å². The van der Waals surface area contributed by atoms with Crippen molar-refractivity contribution in [1.82, 2.24) is 10.2 Å². The van der Waals surface area contributed by atoms with E-state index in [1.54, 1.807) is 31.4 Å². The first kappa shape index (κ1) is 19.7. The Morgan fingerprint density at radius 1 is 1.07 bits per heavy atom. The van der Waals surface area contributed by atoms with Gasteiger partial charge >= 0.3 is 6.03 Å². The van der Waals surface area contributed by atoms with Crippen LogP contribution in [-0.4, -0.2) is 43.6 Å². The Morgan fingerprint density at radius 2 is 1.82 bits per heavy atom. The molecule has 3 amide bonds. The molecular weight excluding hydrogens is 358 g/mol. The number of benzene rings is 2. The summed E-state index contributed by atoms with van der Waals surface area (Å²) in [4.78, 5) is 26.3. The Hall–Kier alpha value is -3.06. The Morgan fingerprint density at radius 3 is 2.54 bits per heavy atom. The SMILES string of the molecule is CCOc1ccc2c(c1)CN(CC(=O)NC(=O)Nc1ccc(OC)cc1)CC2. The van der Waals surface area contributed by atoms with Crippen molar-refractivity contribution >= 4 is 17.6 Å². The summed E-state index contributed by atoms with van der Waals surface area (Å²) < 4.78 is 10.6. The third kappa shape index (κ3) is 5.23. The number of anilines is 1. The standard InChI is InChI=1S/C21H25N3O4/c1-3-28-19-7-4-15-10-11-24(13-16(15)12-19)14-20(25)23-21(26)22-17-5-8-18(27-2)9-6-17/h4-9,12H,3,10-11,13-14H2,1-2H3,(H2,22,23,25,26). The van der Waals surface area contributed by atoms with E-state index in [-0.39, 0.29) is 12.5 Å². The van der Waals surface area contributed by atoms with Crippen molar-refractivity contribution < 1.29 is 19.1 Å². The predicted molar refractivity (Wildman–Crippen MR) is 107 cm³/mol. The molecule has 2 N–H and O–H groups in total. The number of hydrogen-bond donors (Lipinski definition) is 2. The van der Waals surface area contributed by atoms with Gasteiger partial charge in [0.15, 0.2) is 0 Å². The fourth-order valence-corrected chi connectivity index (χ4v) is 3.19. The van der Waals surface area contributed by atoms with Crippen LogP contribution in [0, 0.1) is 0 Å². The van der Waals surface area contributed by atoms with Crippen LogP contribution in [0.2, 0.25) is 0 Å². The zero-order chi connectivity index (χ0) is 19.9. The molecule has 0 unspecified atom stereocenters. The molecule has 0 atom stereocenters. The number of imide groups is 1. The molecule has 1 aliphatic heterocycles. The highest BCUT2D eigenvalue weighted by atomic mass is 16.5. The molecule has 0 bridgehead atoms. The van der Waals surface area contributed by atoms with E-state index in [1.807, 2.05) is 24.0 Å². The minimum Gasteiger partial charge on any atom is -0.497 e. The molecule has 7 nitrogen and oxygen atoms in total. The van der Waals surface area contributed by atoms with Gasteiger partial charge in [-0.1, -0.05) is 6.07 Å². The lowest BCUT2D eigenvalue weighted by atomic mass is 9.99. The van der Waals surface area contributed by atoms with Crippen molar-refractivity contribution in [3.05, 3.63) is 53.6 Å². The molecule has 28 heavy (non-hydrogen) atoms. The Labute approximate surface area is 164 Å². The number of rotatable bonds is 6. The lowest BCUT2D eigenvalue weighted by Gasteiger charge is -2.28. The number of hydrogen-bond acceptors (Lipinski definition) is 5. The summed E-state index contributed by atoms with van der Waals surface area (Å²) in [6.07, 6.45) is 0.868. The average molecular weight is 383 g/mol. The number of urea groups is 1. The number of nitrogens with zero attached hydrogens (tertiary/aromatic N) is 1. The first-order valence-corrected chi connectivity index (χ1v) is 9.29. The van der Waals surface area contributed by atoms with Crippen LogP contribution in [-0.2, 0) is 17.8 Å². The second-order valence-corrected chi connectivity index (χ2v) is 6.55. The molecule has 0 spiro atoms. The van der Waals surface area contributed by atoms with E-state index < -0.39 is 6.03 Å².